The number of benzene rings is 1. The summed E-state index contributed by atoms with van der Waals surface area (Å²) in [5.41, 5.74) is 0. The van der Waals surface area contributed by atoms with Gasteiger partial charge in [0.2, 0.25) is 0 Å². The summed E-state index contributed by atoms with van der Waals surface area (Å²) < 4.78 is 24.8. The highest BCUT2D eigenvalue weighted by Gasteiger charge is 2.32. The van der Waals surface area contributed by atoms with Gasteiger partial charge in [-0.05, 0) is 23.6 Å². The van der Waals surface area contributed by atoms with E-state index in [4.69, 9.17) is 0 Å². The molecule has 2 rings (SSSR count). The molecule has 0 N–H and O–H groups in total. The molecule has 0 bridgehead atoms. The molecule has 0 radical (unpaired) electrons. The summed E-state index contributed by atoms with van der Waals surface area (Å²) in [5, 5.41) is 0.497. The molecule has 19 heavy (non-hydrogen) atoms. The van der Waals surface area contributed by atoms with Crippen LogP contribution in [-0.2, 0) is 9.84 Å². The molecule has 0 aliphatic heterocycles. The van der Waals surface area contributed by atoms with Crippen molar-refractivity contribution in [2.75, 3.05) is 0 Å². The van der Waals surface area contributed by atoms with Crippen molar-refractivity contribution in [1.29, 1.82) is 0 Å². The topological polar surface area (TPSA) is 51.2 Å². The number of carbonyl (C=O) groups excluding carboxylic acids is 1. The van der Waals surface area contributed by atoms with E-state index in [0.29, 0.717) is 4.88 Å². The number of thiophene rings is 1. The molecule has 2 aromatic rings. The lowest BCUT2D eigenvalue weighted by Crippen LogP contribution is -2.28. The lowest BCUT2D eigenvalue weighted by Gasteiger charge is -2.11. The molecule has 0 saturated carbocycles. The van der Waals surface area contributed by atoms with Gasteiger partial charge in [-0.2, -0.15) is 0 Å². The summed E-state index contributed by atoms with van der Waals surface area (Å²) >= 11 is 1.22. The Morgan fingerprint density at radius 3 is 2.37 bits per heavy atom. The fraction of sp³-hybridized carbons (Fsp3) is 0.0714. The van der Waals surface area contributed by atoms with Crippen molar-refractivity contribution in [3.8, 4) is 0 Å². The van der Waals surface area contributed by atoms with Crippen molar-refractivity contribution < 1.29 is 13.2 Å². The summed E-state index contributed by atoms with van der Waals surface area (Å²) in [5.74, 6) is -0.436. The molecule has 0 aliphatic rings. The molecule has 1 unspecified atom stereocenters. The largest absolute Gasteiger partial charge is 0.291 e. The number of hydrogen-bond donors (Lipinski definition) is 0. The monoisotopic (exact) mass is 292 g/mol. The number of Topliss-reactive ketones (excluding diaryl/α,β-unsaturated/α-hetero) is 1. The maximum atomic E-state index is 12.4. The molecule has 98 valence electrons. The van der Waals surface area contributed by atoms with Crippen molar-refractivity contribution in [2.45, 2.75) is 10.1 Å². The van der Waals surface area contributed by atoms with Gasteiger partial charge in [0.25, 0.3) is 0 Å². The van der Waals surface area contributed by atoms with Gasteiger partial charge >= 0.3 is 0 Å². The second-order valence-electron chi connectivity index (χ2n) is 3.86. The molecule has 0 saturated heterocycles. The van der Waals surface area contributed by atoms with Crippen LogP contribution in [0.15, 0.2) is 65.4 Å². The zero-order chi connectivity index (χ0) is 13.9. The standard InChI is InChI=1S/C14H12O3S2/c1-2-13(14(15)12-9-6-10-18-12)19(16,17)11-7-4-3-5-8-11/h2-10,13H,1H2. The van der Waals surface area contributed by atoms with Crippen LogP contribution in [0.25, 0.3) is 0 Å². The Hall–Kier alpha value is -1.72. The zero-order valence-electron chi connectivity index (χ0n) is 10.0. The van der Waals surface area contributed by atoms with Crippen molar-refractivity contribution in [2.24, 2.45) is 0 Å². The molecule has 0 aliphatic carbocycles. The molecule has 1 aromatic carbocycles. The predicted octanol–water partition coefficient (Wildman–Crippen LogP) is 2.96. The van der Waals surface area contributed by atoms with Crippen LogP contribution in [0.3, 0.4) is 0 Å². The number of hydrogen-bond acceptors (Lipinski definition) is 4. The summed E-state index contributed by atoms with van der Waals surface area (Å²) in [6, 6.07) is 11.3. The molecular formula is C14H12O3S2. The Bertz CT molecular complexity index is 671. The smallest absolute Gasteiger partial charge is 0.195 e. The van der Waals surface area contributed by atoms with Gasteiger partial charge in [-0.15, -0.1) is 17.9 Å². The van der Waals surface area contributed by atoms with Gasteiger partial charge in [-0.1, -0.05) is 30.3 Å². The molecule has 0 spiro atoms. The second-order valence-corrected chi connectivity index (χ2v) is 6.87. The van der Waals surface area contributed by atoms with Crippen LogP contribution in [0, 0.1) is 0 Å². The van der Waals surface area contributed by atoms with E-state index in [1.165, 1.54) is 29.5 Å². The molecule has 5 heteroatoms. The van der Waals surface area contributed by atoms with Gasteiger partial charge in [0, 0.05) is 0 Å². The Morgan fingerprint density at radius 1 is 1.16 bits per heavy atom. The van der Waals surface area contributed by atoms with Gasteiger partial charge in [-0.3, -0.25) is 4.79 Å². The third-order valence-electron chi connectivity index (χ3n) is 2.64. The third kappa shape index (κ3) is 2.67. The van der Waals surface area contributed by atoms with Crippen LogP contribution in [-0.4, -0.2) is 19.5 Å². The van der Waals surface area contributed by atoms with Crippen molar-refractivity contribution in [3.05, 3.63) is 65.4 Å². The first kappa shape index (κ1) is 13.7. The second kappa shape index (κ2) is 5.50. The summed E-state index contributed by atoms with van der Waals surface area (Å²) in [4.78, 5) is 12.8. The average Bonchev–Trinajstić information content (AvgIpc) is 2.94. The molecule has 0 amide bonds. The molecule has 0 fully saturated rings. The number of sulfone groups is 1. The average molecular weight is 292 g/mol. The van der Waals surface area contributed by atoms with E-state index in [1.807, 2.05) is 0 Å². The maximum Gasteiger partial charge on any atom is 0.195 e. The van der Waals surface area contributed by atoms with Gasteiger partial charge in [0.1, 0.15) is 5.25 Å². The lowest BCUT2D eigenvalue weighted by molar-refractivity contribution is 0.100. The van der Waals surface area contributed by atoms with Crippen molar-refractivity contribution in [3.63, 3.8) is 0 Å². The van der Waals surface area contributed by atoms with Crippen LogP contribution in [0.1, 0.15) is 9.67 Å². The van der Waals surface area contributed by atoms with E-state index in [1.54, 1.807) is 35.7 Å². The fourth-order valence-electron chi connectivity index (χ4n) is 1.69. The number of ketones is 1. The van der Waals surface area contributed by atoms with E-state index in [2.05, 4.69) is 6.58 Å². The lowest BCUT2D eigenvalue weighted by atomic mass is 10.2. The minimum absolute atomic E-state index is 0.129. The highest BCUT2D eigenvalue weighted by Crippen LogP contribution is 2.22. The van der Waals surface area contributed by atoms with Gasteiger partial charge in [-0.25, -0.2) is 8.42 Å². The summed E-state index contributed by atoms with van der Waals surface area (Å²) in [7, 11) is -3.74. The highest BCUT2D eigenvalue weighted by atomic mass is 32.2. The van der Waals surface area contributed by atoms with E-state index in [0.717, 1.165) is 0 Å². The Kier molecular flexibility index (Phi) is 3.97. The van der Waals surface area contributed by atoms with Crippen LogP contribution < -0.4 is 0 Å². The normalized spacial score (nSPS) is 12.8. The first-order chi connectivity index (χ1) is 9.07. The Morgan fingerprint density at radius 2 is 1.84 bits per heavy atom. The molecular weight excluding hydrogens is 280 g/mol. The number of rotatable bonds is 5. The van der Waals surface area contributed by atoms with E-state index in [-0.39, 0.29) is 4.90 Å². The minimum Gasteiger partial charge on any atom is -0.291 e. The Labute approximate surface area is 116 Å². The van der Waals surface area contributed by atoms with E-state index >= 15 is 0 Å². The first-order valence-electron chi connectivity index (χ1n) is 5.56. The van der Waals surface area contributed by atoms with Gasteiger partial charge < -0.3 is 0 Å². The van der Waals surface area contributed by atoms with E-state index in [9.17, 15) is 13.2 Å². The highest BCUT2D eigenvalue weighted by molar-refractivity contribution is 7.93. The van der Waals surface area contributed by atoms with Crippen LogP contribution in [0.4, 0.5) is 0 Å². The molecule has 1 heterocycles. The molecule has 1 aromatic heterocycles. The van der Waals surface area contributed by atoms with Crippen molar-refractivity contribution >= 4 is 27.0 Å². The minimum atomic E-state index is -3.74. The van der Waals surface area contributed by atoms with Crippen molar-refractivity contribution in [1.82, 2.24) is 0 Å². The summed E-state index contributed by atoms with van der Waals surface area (Å²) in [6.45, 7) is 3.49. The van der Waals surface area contributed by atoms with Crippen LogP contribution in [0.2, 0.25) is 0 Å². The fourth-order valence-corrected chi connectivity index (χ4v) is 3.96. The van der Waals surface area contributed by atoms with E-state index < -0.39 is 20.9 Å². The zero-order valence-corrected chi connectivity index (χ0v) is 11.7. The molecule has 1 atom stereocenters. The third-order valence-corrected chi connectivity index (χ3v) is 5.53. The van der Waals surface area contributed by atoms with Gasteiger partial charge in [0.15, 0.2) is 15.6 Å². The Balaban J connectivity index is 2.43. The summed E-state index contributed by atoms with van der Waals surface area (Å²) in [6.07, 6.45) is 1.18. The predicted molar refractivity (Wildman–Crippen MR) is 76.3 cm³/mol. The number of carbonyl (C=O) groups is 1. The SMILES string of the molecule is C=CC(C(=O)c1cccs1)S(=O)(=O)c1ccccc1. The first-order valence-corrected chi connectivity index (χ1v) is 7.99. The van der Waals surface area contributed by atoms with Crippen LogP contribution >= 0.6 is 11.3 Å². The molecule has 3 nitrogen and oxygen atoms in total. The van der Waals surface area contributed by atoms with Gasteiger partial charge in [0.05, 0.1) is 9.77 Å². The van der Waals surface area contributed by atoms with Crippen LogP contribution in [0.5, 0.6) is 0 Å². The maximum absolute atomic E-state index is 12.4. The quantitative estimate of drug-likeness (QED) is 0.629.